The van der Waals surface area contributed by atoms with Crippen LogP contribution in [0.3, 0.4) is 0 Å². The van der Waals surface area contributed by atoms with Gasteiger partial charge in [0.05, 0.1) is 22.1 Å². The van der Waals surface area contributed by atoms with E-state index in [4.69, 9.17) is 0 Å². The van der Waals surface area contributed by atoms with Gasteiger partial charge in [0.1, 0.15) is 0 Å². The van der Waals surface area contributed by atoms with E-state index in [-0.39, 0.29) is 12.1 Å². The Kier molecular flexibility index (Phi) is 4.55. The Morgan fingerprint density at radius 3 is 2.84 bits per heavy atom. The second-order valence-electron chi connectivity index (χ2n) is 4.50. The highest BCUT2D eigenvalue weighted by Crippen LogP contribution is 2.28. The number of rotatable bonds is 4. The predicted octanol–water partition coefficient (Wildman–Crippen LogP) is 3.39. The van der Waals surface area contributed by atoms with E-state index >= 15 is 0 Å². The van der Waals surface area contributed by atoms with Gasteiger partial charge in [-0.05, 0) is 32.9 Å². The van der Waals surface area contributed by atoms with Crippen molar-refractivity contribution in [3.05, 3.63) is 27.4 Å². The number of amides is 2. The molecule has 2 rings (SSSR count). The van der Waals surface area contributed by atoms with Crippen LogP contribution in [-0.4, -0.2) is 17.1 Å². The smallest absolute Gasteiger partial charge is 0.315 e. The van der Waals surface area contributed by atoms with Gasteiger partial charge in [0, 0.05) is 16.3 Å². The number of nitrogens with zero attached hydrogens (tertiary/aromatic N) is 1. The largest absolute Gasteiger partial charge is 0.336 e. The first-order valence-corrected chi connectivity index (χ1v) is 7.80. The number of hydrogen-bond donors (Lipinski definition) is 2. The van der Waals surface area contributed by atoms with Gasteiger partial charge in [-0.25, -0.2) is 9.78 Å². The summed E-state index contributed by atoms with van der Waals surface area (Å²) in [7, 11) is 0. The van der Waals surface area contributed by atoms with E-state index in [0.717, 1.165) is 20.5 Å². The molecular formula is C13H17N3OS2. The molecule has 0 atom stereocenters. The number of thiazole rings is 1. The van der Waals surface area contributed by atoms with Gasteiger partial charge in [-0.15, -0.1) is 22.7 Å². The fourth-order valence-electron chi connectivity index (χ4n) is 1.57. The van der Waals surface area contributed by atoms with E-state index < -0.39 is 0 Å². The average Bonchev–Trinajstić information content (AvgIpc) is 2.94. The summed E-state index contributed by atoms with van der Waals surface area (Å²) >= 11 is 3.31. The number of urea groups is 1. The van der Waals surface area contributed by atoms with Crippen molar-refractivity contribution in [1.82, 2.24) is 15.6 Å². The Labute approximate surface area is 120 Å². The van der Waals surface area contributed by atoms with Gasteiger partial charge in [-0.1, -0.05) is 0 Å². The van der Waals surface area contributed by atoms with Crippen molar-refractivity contribution >= 4 is 28.7 Å². The van der Waals surface area contributed by atoms with Crippen LogP contribution >= 0.6 is 22.7 Å². The fourth-order valence-corrected chi connectivity index (χ4v) is 3.16. The molecule has 4 nitrogen and oxygen atoms in total. The highest BCUT2D eigenvalue weighted by molar-refractivity contribution is 7.16. The van der Waals surface area contributed by atoms with Crippen molar-refractivity contribution in [2.24, 2.45) is 0 Å². The van der Waals surface area contributed by atoms with Crippen molar-refractivity contribution in [3.8, 4) is 10.6 Å². The Hall–Kier alpha value is -1.40. The summed E-state index contributed by atoms with van der Waals surface area (Å²) in [5, 5.41) is 8.77. The van der Waals surface area contributed by atoms with Crippen LogP contribution in [-0.2, 0) is 6.54 Å². The number of nitrogens with one attached hydrogen (secondary N) is 2. The van der Waals surface area contributed by atoms with Crippen molar-refractivity contribution in [3.63, 3.8) is 0 Å². The maximum Gasteiger partial charge on any atom is 0.315 e. The molecule has 2 aromatic heterocycles. The van der Waals surface area contributed by atoms with Crippen LogP contribution in [0.1, 0.15) is 23.7 Å². The summed E-state index contributed by atoms with van der Waals surface area (Å²) in [5.74, 6) is 0. The zero-order valence-electron chi connectivity index (χ0n) is 11.2. The van der Waals surface area contributed by atoms with Crippen LogP contribution < -0.4 is 10.6 Å². The van der Waals surface area contributed by atoms with Gasteiger partial charge in [0.15, 0.2) is 0 Å². The summed E-state index contributed by atoms with van der Waals surface area (Å²) in [4.78, 5) is 18.2. The van der Waals surface area contributed by atoms with Gasteiger partial charge in [-0.2, -0.15) is 0 Å². The van der Waals surface area contributed by atoms with Crippen LogP contribution in [0.4, 0.5) is 4.79 Å². The molecule has 2 heterocycles. The molecule has 0 aliphatic heterocycles. The van der Waals surface area contributed by atoms with E-state index in [2.05, 4.69) is 27.1 Å². The molecule has 0 aliphatic carbocycles. The lowest BCUT2D eigenvalue weighted by Gasteiger charge is -2.08. The summed E-state index contributed by atoms with van der Waals surface area (Å²) < 4.78 is 0. The van der Waals surface area contributed by atoms with Crippen molar-refractivity contribution in [2.75, 3.05) is 0 Å². The molecular weight excluding hydrogens is 278 g/mol. The van der Waals surface area contributed by atoms with Gasteiger partial charge >= 0.3 is 6.03 Å². The van der Waals surface area contributed by atoms with Gasteiger partial charge in [0.25, 0.3) is 0 Å². The Balaban J connectivity index is 1.93. The molecule has 2 N–H and O–H groups in total. The van der Waals surface area contributed by atoms with E-state index in [1.54, 1.807) is 22.7 Å². The molecule has 6 heteroatoms. The first-order chi connectivity index (χ1) is 9.04. The monoisotopic (exact) mass is 295 g/mol. The first kappa shape index (κ1) is 14.0. The molecule has 102 valence electrons. The third-order valence-corrected chi connectivity index (χ3v) is 4.26. The minimum absolute atomic E-state index is 0.130. The Morgan fingerprint density at radius 1 is 1.42 bits per heavy atom. The Bertz CT molecular complexity index is 560. The number of carbonyl (C=O) groups excluding carboxylic acids is 1. The minimum Gasteiger partial charge on any atom is -0.336 e. The third-order valence-electron chi connectivity index (χ3n) is 2.38. The number of aromatic nitrogens is 1. The van der Waals surface area contributed by atoms with Crippen molar-refractivity contribution in [2.45, 2.75) is 33.4 Å². The van der Waals surface area contributed by atoms with Crippen LogP contribution in [0.15, 0.2) is 17.5 Å². The highest BCUT2D eigenvalue weighted by atomic mass is 32.1. The lowest BCUT2D eigenvalue weighted by Crippen LogP contribution is -2.38. The predicted molar refractivity (Wildman–Crippen MR) is 80.7 cm³/mol. The number of aryl methyl sites for hydroxylation is 1. The second-order valence-corrected chi connectivity index (χ2v) is 6.73. The van der Waals surface area contributed by atoms with Gasteiger partial charge in [0.2, 0.25) is 0 Å². The topological polar surface area (TPSA) is 54.0 Å². The van der Waals surface area contributed by atoms with Crippen LogP contribution in [0.25, 0.3) is 10.6 Å². The van der Waals surface area contributed by atoms with Crippen LogP contribution in [0.2, 0.25) is 0 Å². The molecule has 0 aliphatic rings. The van der Waals surface area contributed by atoms with E-state index in [0.29, 0.717) is 6.54 Å². The van der Waals surface area contributed by atoms with Crippen molar-refractivity contribution in [1.29, 1.82) is 0 Å². The zero-order chi connectivity index (χ0) is 13.8. The second kappa shape index (κ2) is 6.16. The summed E-state index contributed by atoms with van der Waals surface area (Å²) in [6.07, 6.45) is 0. The van der Waals surface area contributed by atoms with Gasteiger partial charge < -0.3 is 10.6 Å². The molecule has 0 saturated carbocycles. The molecule has 0 radical (unpaired) electrons. The molecule has 0 saturated heterocycles. The molecule has 0 aromatic carbocycles. The highest BCUT2D eigenvalue weighted by Gasteiger charge is 2.07. The third kappa shape index (κ3) is 4.04. The minimum atomic E-state index is -0.130. The number of hydrogen-bond acceptors (Lipinski definition) is 4. The normalized spacial score (nSPS) is 10.7. The van der Waals surface area contributed by atoms with Gasteiger partial charge in [-0.3, -0.25) is 0 Å². The molecule has 0 bridgehead atoms. The maximum atomic E-state index is 11.5. The lowest BCUT2D eigenvalue weighted by molar-refractivity contribution is 0.238. The molecule has 2 amide bonds. The average molecular weight is 295 g/mol. The van der Waals surface area contributed by atoms with Crippen molar-refractivity contribution < 1.29 is 4.79 Å². The van der Waals surface area contributed by atoms with Crippen LogP contribution in [0, 0.1) is 6.92 Å². The van der Waals surface area contributed by atoms with E-state index in [9.17, 15) is 4.79 Å². The molecule has 0 spiro atoms. The zero-order valence-corrected chi connectivity index (χ0v) is 12.8. The number of carbonyl (C=O) groups is 1. The Morgan fingerprint density at radius 2 is 2.21 bits per heavy atom. The maximum absolute atomic E-state index is 11.5. The molecule has 2 aromatic rings. The lowest BCUT2D eigenvalue weighted by atomic mass is 10.3. The fraction of sp³-hybridized carbons (Fsp3) is 0.385. The van der Waals surface area contributed by atoms with E-state index in [1.165, 1.54) is 0 Å². The number of thiophene rings is 1. The SMILES string of the molecule is Cc1nc(-c2ccc(CNC(=O)NC(C)C)s2)cs1. The molecule has 0 fully saturated rings. The quantitative estimate of drug-likeness (QED) is 0.908. The first-order valence-electron chi connectivity index (χ1n) is 6.10. The summed E-state index contributed by atoms with van der Waals surface area (Å²) in [6, 6.07) is 4.10. The standard InChI is InChI=1S/C13H17N3OS2/c1-8(2)15-13(17)14-6-10-4-5-12(19-10)11-7-18-9(3)16-11/h4-5,7-8H,6H2,1-3H3,(H2,14,15,17). The molecule has 0 unspecified atom stereocenters. The summed E-state index contributed by atoms with van der Waals surface area (Å²) in [6.45, 7) is 6.42. The molecule has 19 heavy (non-hydrogen) atoms. The summed E-state index contributed by atoms with van der Waals surface area (Å²) in [5.41, 5.74) is 1.02. The van der Waals surface area contributed by atoms with E-state index in [1.807, 2.05) is 26.8 Å². The van der Waals surface area contributed by atoms with Crippen LogP contribution in [0.5, 0.6) is 0 Å².